The van der Waals surface area contributed by atoms with E-state index >= 15 is 0 Å². The van der Waals surface area contributed by atoms with E-state index in [9.17, 15) is 9.59 Å². The van der Waals surface area contributed by atoms with Gasteiger partial charge in [0.15, 0.2) is 0 Å². The summed E-state index contributed by atoms with van der Waals surface area (Å²) >= 11 is 0. The smallest absolute Gasteiger partial charge is 0.410 e. The summed E-state index contributed by atoms with van der Waals surface area (Å²) in [6.45, 7) is 49.6. The van der Waals surface area contributed by atoms with Gasteiger partial charge in [0, 0.05) is 25.2 Å². The molecule has 4 saturated heterocycles. The molecular formula is C54H108N4O12. The highest BCUT2D eigenvalue weighted by atomic mass is 16.6. The van der Waals surface area contributed by atoms with E-state index in [-0.39, 0.29) is 60.9 Å². The van der Waals surface area contributed by atoms with Gasteiger partial charge >= 0.3 is 12.2 Å². The average molecular weight is 1010 g/mol. The summed E-state index contributed by atoms with van der Waals surface area (Å²) in [5.41, 5.74) is -0.977. The zero-order valence-corrected chi connectivity index (χ0v) is 48.5. The van der Waals surface area contributed by atoms with Crippen LogP contribution in [0.1, 0.15) is 178 Å². The minimum Gasteiger partial charge on any atom is -0.444 e. The van der Waals surface area contributed by atoms with Crippen LogP contribution in [-0.4, -0.2) is 183 Å². The van der Waals surface area contributed by atoms with Crippen LogP contribution in [0.3, 0.4) is 0 Å². The van der Waals surface area contributed by atoms with Crippen LogP contribution in [0.5, 0.6) is 0 Å². The summed E-state index contributed by atoms with van der Waals surface area (Å²) in [6.07, 6.45) is 5.92. The number of rotatable bonds is 20. The van der Waals surface area contributed by atoms with E-state index in [1.54, 1.807) is 9.80 Å². The number of hydrogen-bond donors (Lipinski definition) is 2. The van der Waals surface area contributed by atoms with E-state index in [0.29, 0.717) is 75.0 Å². The van der Waals surface area contributed by atoms with Crippen LogP contribution in [0.15, 0.2) is 0 Å². The Labute approximate surface area is 427 Å². The Bertz CT molecular complexity index is 1280. The minimum atomic E-state index is -0.489. The Hall–Kier alpha value is -1.86. The monoisotopic (exact) mass is 1000 g/mol. The van der Waals surface area contributed by atoms with E-state index in [1.165, 1.54) is 0 Å². The summed E-state index contributed by atoms with van der Waals surface area (Å²) in [5, 5.41) is 6.83. The largest absolute Gasteiger partial charge is 0.444 e. The molecule has 16 heteroatoms. The van der Waals surface area contributed by atoms with E-state index < -0.39 is 11.2 Å². The van der Waals surface area contributed by atoms with Crippen molar-refractivity contribution >= 4 is 12.2 Å². The van der Waals surface area contributed by atoms with Gasteiger partial charge in [0.25, 0.3) is 0 Å². The van der Waals surface area contributed by atoms with Crippen LogP contribution in [-0.2, 0) is 47.4 Å². The number of carbonyl (C=O) groups is 2. The summed E-state index contributed by atoms with van der Waals surface area (Å²) in [5.74, 6) is 0. The van der Waals surface area contributed by atoms with Crippen molar-refractivity contribution in [3.63, 3.8) is 0 Å². The predicted molar refractivity (Wildman–Crippen MR) is 280 cm³/mol. The van der Waals surface area contributed by atoms with Crippen LogP contribution >= 0.6 is 0 Å². The summed E-state index contributed by atoms with van der Waals surface area (Å²) < 4.78 is 56.6. The van der Waals surface area contributed by atoms with Crippen LogP contribution in [0.25, 0.3) is 0 Å². The van der Waals surface area contributed by atoms with Crippen LogP contribution in [0.4, 0.5) is 9.59 Å². The number of carbonyl (C=O) groups excluding carboxylic acids is 2. The van der Waals surface area contributed by atoms with Crippen LogP contribution in [0, 0.1) is 0 Å². The molecule has 0 bridgehead atoms. The van der Waals surface area contributed by atoms with Gasteiger partial charge in [0.1, 0.15) is 11.2 Å². The van der Waals surface area contributed by atoms with Gasteiger partial charge < -0.3 is 67.8 Å². The van der Waals surface area contributed by atoms with Gasteiger partial charge in [-0.1, -0.05) is 0 Å². The molecule has 2 amide bonds. The molecule has 0 radical (unpaired) electrons. The highest BCUT2D eigenvalue weighted by molar-refractivity contribution is 5.69. The fourth-order valence-electron chi connectivity index (χ4n) is 8.14. The quantitative estimate of drug-likeness (QED) is 0.119. The van der Waals surface area contributed by atoms with E-state index in [1.807, 2.05) is 96.9 Å². The predicted octanol–water partition coefficient (Wildman–Crippen LogP) is 9.56. The third-order valence-electron chi connectivity index (χ3n) is 10.7. The normalized spacial score (nSPS) is 25.1. The number of likely N-dealkylation sites (tertiary alicyclic amines) is 2. The number of nitrogens with zero attached hydrogens (tertiary/aromatic N) is 2. The maximum atomic E-state index is 12.3. The zero-order valence-electron chi connectivity index (χ0n) is 48.5. The SMILES string of the molecule is CC(C)OCC1CC(OC(C)C)CN1.CC(C)OCC1CC(OC(C)C)CN1.CC(C)OCC1CC(OC(C)C)CN1C(=O)OC(C)(C)C.CC(C)OCC1CC(OC(C)C)CN1C(=O)OC(C)(C)C. The van der Waals surface area contributed by atoms with E-state index in [0.717, 1.165) is 52.0 Å². The second kappa shape index (κ2) is 33.1. The summed E-state index contributed by atoms with van der Waals surface area (Å²) in [4.78, 5) is 28.2. The van der Waals surface area contributed by atoms with Gasteiger partial charge in [0.05, 0.1) is 125 Å². The number of amides is 2. The number of hydrogen-bond acceptors (Lipinski definition) is 14. The molecule has 4 rings (SSSR count). The van der Waals surface area contributed by atoms with Crippen molar-refractivity contribution in [3.8, 4) is 0 Å². The molecule has 0 aromatic heterocycles. The molecule has 416 valence electrons. The topological polar surface area (TPSA) is 157 Å². The second-order valence-corrected chi connectivity index (χ2v) is 23.5. The molecule has 2 N–H and O–H groups in total. The molecule has 0 saturated carbocycles. The van der Waals surface area contributed by atoms with E-state index in [2.05, 4.69) is 66.0 Å². The van der Waals surface area contributed by atoms with Crippen molar-refractivity contribution in [3.05, 3.63) is 0 Å². The van der Waals surface area contributed by atoms with Crippen molar-refractivity contribution in [2.45, 2.75) is 287 Å². The lowest BCUT2D eigenvalue weighted by atomic mass is 10.2. The molecule has 8 unspecified atom stereocenters. The first-order chi connectivity index (χ1) is 32.3. The second-order valence-electron chi connectivity index (χ2n) is 23.5. The highest BCUT2D eigenvalue weighted by Crippen LogP contribution is 2.26. The van der Waals surface area contributed by atoms with Gasteiger partial charge in [-0.25, -0.2) is 9.59 Å². The molecule has 8 atom stereocenters. The van der Waals surface area contributed by atoms with Crippen molar-refractivity contribution in [2.24, 2.45) is 0 Å². The van der Waals surface area contributed by atoms with Crippen molar-refractivity contribution < 1.29 is 57.0 Å². The molecule has 0 spiro atoms. The standard InChI is InChI=1S/2C16H31NO4.2C11H23NO2/c2*1-11(2)19-10-13-8-14(20-12(3)4)9-17(13)15(18)21-16(5,6)7;2*1-8(2)13-7-10-5-11(6-12-10)14-9(3)4/h2*11-14H,8-10H2,1-7H3;2*8-12H,5-7H2,1-4H3. The fraction of sp³-hybridized carbons (Fsp3) is 0.963. The molecule has 4 aliphatic heterocycles. The minimum absolute atomic E-state index is 0.0194. The first kappa shape index (κ1) is 66.2. The first-order valence-electron chi connectivity index (χ1n) is 26.9. The van der Waals surface area contributed by atoms with E-state index in [4.69, 9.17) is 47.4 Å². The maximum Gasteiger partial charge on any atom is 0.410 e. The summed E-state index contributed by atoms with van der Waals surface area (Å²) in [6, 6.07) is 0.985. The zero-order chi connectivity index (χ0) is 53.5. The van der Waals surface area contributed by atoms with Crippen LogP contribution < -0.4 is 10.6 Å². The average Bonchev–Trinajstić information content (AvgIpc) is 4.01. The van der Waals surface area contributed by atoms with Crippen molar-refractivity contribution in [2.75, 3.05) is 52.6 Å². The molecule has 4 heterocycles. The Kier molecular flexibility index (Phi) is 31.3. The molecule has 0 aromatic carbocycles. The van der Waals surface area contributed by atoms with Crippen molar-refractivity contribution in [1.82, 2.24) is 20.4 Å². The Morgan fingerprint density at radius 2 is 0.686 bits per heavy atom. The molecule has 16 nitrogen and oxygen atoms in total. The Morgan fingerprint density at radius 3 is 0.943 bits per heavy atom. The van der Waals surface area contributed by atoms with Gasteiger partial charge in [-0.2, -0.15) is 0 Å². The molecule has 4 aliphatic rings. The van der Waals surface area contributed by atoms with Gasteiger partial charge in [-0.05, 0) is 178 Å². The third-order valence-corrected chi connectivity index (χ3v) is 10.7. The Balaban J connectivity index is 0.000000475. The van der Waals surface area contributed by atoms with Crippen LogP contribution in [0.2, 0.25) is 0 Å². The lowest BCUT2D eigenvalue weighted by Crippen LogP contribution is -2.42. The van der Waals surface area contributed by atoms with Gasteiger partial charge in [-0.3, -0.25) is 0 Å². The maximum absolute atomic E-state index is 12.3. The number of nitrogens with one attached hydrogen (secondary N) is 2. The highest BCUT2D eigenvalue weighted by Gasteiger charge is 2.40. The molecular weight excluding hydrogens is 897 g/mol. The number of ether oxygens (including phenoxy) is 10. The third kappa shape index (κ3) is 31.7. The molecule has 70 heavy (non-hydrogen) atoms. The molecule has 0 aliphatic carbocycles. The van der Waals surface area contributed by atoms with Gasteiger partial charge in [-0.15, -0.1) is 0 Å². The summed E-state index contributed by atoms with van der Waals surface area (Å²) in [7, 11) is 0. The fourth-order valence-corrected chi connectivity index (χ4v) is 8.14. The first-order valence-corrected chi connectivity index (χ1v) is 26.9. The molecule has 4 fully saturated rings. The Morgan fingerprint density at radius 1 is 0.414 bits per heavy atom. The molecule has 0 aromatic rings. The lowest BCUT2D eigenvalue weighted by molar-refractivity contribution is -0.00207. The van der Waals surface area contributed by atoms with Gasteiger partial charge in [0.2, 0.25) is 0 Å². The lowest BCUT2D eigenvalue weighted by Gasteiger charge is -2.28. The van der Waals surface area contributed by atoms with Crippen molar-refractivity contribution in [1.29, 1.82) is 0 Å².